The fourth-order valence-corrected chi connectivity index (χ4v) is 4.09. The molecule has 0 aromatic heterocycles. The summed E-state index contributed by atoms with van der Waals surface area (Å²) in [5.74, 6) is -1.16. The molecule has 2 aliphatic heterocycles. The third kappa shape index (κ3) is 6.41. The number of fused-ring (bicyclic) bond motifs is 1. The van der Waals surface area contributed by atoms with Crippen molar-refractivity contribution in [2.45, 2.75) is 58.7 Å². The second kappa shape index (κ2) is 10.5. The Labute approximate surface area is 211 Å². The molecule has 1 unspecified atom stereocenters. The van der Waals surface area contributed by atoms with Gasteiger partial charge in [-0.05, 0) is 48.8 Å². The molecule has 0 saturated carbocycles. The average molecular weight is 560 g/mol. The molecule has 2 amide bonds. The Morgan fingerprint density at radius 1 is 1.21 bits per heavy atom. The van der Waals surface area contributed by atoms with Gasteiger partial charge in [0, 0.05) is 42.9 Å². The number of esters is 2. The van der Waals surface area contributed by atoms with Crippen molar-refractivity contribution in [1.82, 2.24) is 4.90 Å². The van der Waals surface area contributed by atoms with Crippen molar-refractivity contribution in [1.29, 1.82) is 0 Å². The van der Waals surface area contributed by atoms with Gasteiger partial charge in [-0.3, -0.25) is 14.4 Å². The smallest absolute Gasteiger partial charge is 0.410 e. The zero-order valence-corrected chi connectivity index (χ0v) is 21.9. The summed E-state index contributed by atoms with van der Waals surface area (Å²) in [6.45, 7) is 8.27. The highest BCUT2D eigenvalue weighted by molar-refractivity contribution is 9.10. The molecule has 3 rings (SSSR count). The quantitative estimate of drug-likeness (QED) is 0.378. The average Bonchev–Trinajstić information content (AvgIpc) is 2.70. The minimum atomic E-state index is -0.924. The molecule has 0 aliphatic carbocycles. The Hall–Kier alpha value is -2.33. The second-order valence-electron chi connectivity index (χ2n) is 9.28. The van der Waals surface area contributed by atoms with Crippen LogP contribution in [0.4, 0.5) is 10.5 Å². The molecule has 1 aromatic rings. The lowest BCUT2D eigenvalue weighted by atomic mass is 9.98. The predicted molar refractivity (Wildman–Crippen MR) is 128 cm³/mol. The molecule has 9 nitrogen and oxygen atoms in total. The Morgan fingerprint density at radius 3 is 2.50 bits per heavy atom. The number of hydrogen-bond donors (Lipinski definition) is 0. The van der Waals surface area contributed by atoms with E-state index in [1.807, 2.05) is 0 Å². The first-order valence-corrected chi connectivity index (χ1v) is 12.2. The van der Waals surface area contributed by atoms with Crippen LogP contribution in [0, 0.1) is 5.92 Å². The first-order chi connectivity index (χ1) is 15.9. The molecule has 34 heavy (non-hydrogen) atoms. The number of rotatable bonds is 6. The molecular weight excluding hydrogens is 532 g/mol. The lowest BCUT2D eigenvalue weighted by molar-refractivity contribution is -0.159. The summed E-state index contributed by atoms with van der Waals surface area (Å²) in [4.78, 5) is 51.9. The molecule has 2 aliphatic rings. The molecule has 11 heteroatoms. The number of benzene rings is 1. The monoisotopic (exact) mass is 558 g/mol. The van der Waals surface area contributed by atoms with E-state index in [9.17, 15) is 19.2 Å². The van der Waals surface area contributed by atoms with Crippen LogP contribution in [0.15, 0.2) is 16.6 Å². The molecule has 1 saturated heterocycles. The number of ether oxygens (including phenoxy) is 3. The molecule has 0 radical (unpaired) electrons. The van der Waals surface area contributed by atoms with E-state index >= 15 is 0 Å². The van der Waals surface area contributed by atoms with Crippen LogP contribution in [-0.2, 0) is 23.9 Å². The molecule has 2 heterocycles. The Balaban J connectivity index is 1.70. The third-order valence-corrected chi connectivity index (χ3v) is 6.48. The van der Waals surface area contributed by atoms with Crippen LogP contribution in [-0.4, -0.2) is 60.2 Å². The van der Waals surface area contributed by atoms with E-state index in [0.29, 0.717) is 40.6 Å². The molecule has 1 atom stereocenters. The van der Waals surface area contributed by atoms with Gasteiger partial charge in [0.1, 0.15) is 11.4 Å². The first kappa shape index (κ1) is 26.3. The minimum absolute atomic E-state index is 0.0395. The van der Waals surface area contributed by atoms with Gasteiger partial charge in [-0.1, -0.05) is 18.5 Å². The van der Waals surface area contributed by atoms with Gasteiger partial charge in [-0.2, -0.15) is 0 Å². The van der Waals surface area contributed by atoms with E-state index in [4.69, 9.17) is 21.1 Å². The van der Waals surface area contributed by atoms with Crippen molar-refractivity contribution in [3.05, 3.63) is 21.6 Å². The van der Waals surface area contributed by atoms with Crippen molar-refractivity contribution in [3.8, 4) is 5.75 Å². The highest BCUT2D eigenvalue weighted by Gasteiger charge is 2.40. The van der Waals surface area contributed by atoms with E-state index in [0.717, 1.165) is 0 Å². The van der Waals surface area contributed by atoms with Gasteiger partial charge in [0.05, 0.1) is 17.1 Å². The second-order valence-corrected chi connectivity index (χ2v) is 10.5. The van der Waals surface area contributed by atoms with Crippen molar-refractivity contribution in [2.75, 3.05) is 24.5 Å². The standard InChI is InChI=1S/C23H28BrClN2O7/c1-5-19(28)33-20(29)7-6-17-21(30)27(16-9-15(25)14(24)8-18(16)32-17)12-13-10-26(11-13)22(31)34-23(2,3)4/h8-9,13,17H,5-7,10-12H2,1-4H3. The Bertz CT molecular complexity index is 988. The van der Waals surface area contributed by atoms with Crippen LogP contribution in [0.5, 0.6) is 5.75 Å². The van der Waals surface area contributed by atoms with Crippen LogP contribution in [0.3, 0.4) is 0 Å². The summed E-state index contributed by atoms with van der Waals surface area (Å²) in [6.07, 6.45) is -1.31. The molecule has 0 spiro atoms. The summed E-state index contributed by atoms with van der Waals surface area (Å²) >= 11 is 9.63. The predicted octanol–water partition coefficient (Wildman–Crippen LogP) is 4.32. The maximum absolute atomic E-state index is 13.3. The Morgan fingerprint density at radius 2 is 1.88 bits per heavy atom. The van der Waals surface area contributed by atoms with Gasteiger partial charge in [0.25, 0.3) is 5.91 Å². The van der Waals surface area contributed by atoms with Gasteiger partial charge in [-0.25, -0.2) is 4.79 Å². The summed E-state index contributed by atoms with van der Waals surface area (Å²) < 4.78 is 16.6. The first-order valence-electron chi connectivity index (χ1n) is 11.1. The summed E-state index contributed by atoms with van der Waals surface area (Å²) in [5.41, 5.74) is -0.0597. The zero-order chi connectivity index (χ0) is 25.2. The lowest BCUT2D eigenvalue weighted by Crippen LogP contribution is -2.57. The van der Waals surface area contributed by atoms with Gasteiger partial charge in [0.2, 0.25) is 0 Å². The summed E-state index contributed by atoms with van der Waals surface area (Å²) in [5, 5.41) is 0.421. The number of likely N-dealkylation sites (tertiary alicyclic amines) is 1. The van der Waals surface area contributed by atoms with Crippen molar-refractivity contribution < 1.29 is 33.4 Å². The SMILES string of the molecule is CCC(=O)OC(=O)CCC1Oc2cc(Br)c(Cl)cc2N(CC2CN(C(=O)OC(C)(C)C)C2)C1=O. The highest BCUT2D eigenvalue weighted by Crippen LogP contribution is 2.41. The maximum Gasteiger partial charge on any atom is 0.410 e. The van der Waals surface area contributed by atoms with Crippen molar-refractivity contribution in [3.63, 3.8) is 0 Å². The number of halogens is 2. The third-order valence-electron chi connectivity index (χ3n) is 5.28. The van der Waals surface area contributed by atoms with Crippen LogP contribution in [0.2, 0.25) is 5.02 Å². The van der Waals surface area contributed by atoms with Crippen LogP contribution >= 0.6 is 27.5 Å². The normalized spacial score (nSPS) is 18.1. The van der Waals surface area contributed by atoms with Gasteiger partial charge >= 0.3 is 18.0 Å². The van der Waals surface area contributed by atoms with E-state index in [2.05, 4.69) is 20.7 Å². The van der Waals surface area contributed by atoms with Crippen LogP contribution in [0.25, 0.3) is 0 Å². The fraction of sp³-hybridized carbons (Fsp3) is 0.565. The van der Waals surface area contributed by atoms with Gasteiger partial charge in [0.15, 0.2) is 6.10 Å². The number of anilines is 1. The fourth-order valence-electron chi connectivity index (χ4n) is 3.61. The highest BCUT2D eigenvalue weighted by atomic mass is 79.9. The molecular formula is C23H28BrClN2O7. The lowest BCUT2D eigenvalue weighted by Gasteiger charge is -2.43. The molecule has 0 N–H and O–H groups in total. The largest absolute Gasteiger partial charge is 0.478 e. The summed E-state index contributed by atoms with van der Waals surface area (Å²) in [7, 11) is 0. The number of nitrogens with zero attached hydrogens (tertiary/aromatic N) is 2. The number of carbonyl (C=O) groups excluding carboxylic acids is 4. The molecule has 0 bridgehead atoms. The molecule has 186 valence electrons. The maximum atomic E-state index is 13.3. The summed E-state index contributed by atoms with van der Waals surface area (Å²) in [6, 6.07) is 3.32. The van der Waals surface area contributed by atoms with Gasteiger partial charge in [-0.15, -0.1) is 0 Å². The van der Waals surface area contributed by atoms with E-state index in [1.54, 1.807) is 49.6 Å². The topological polar surface area (TPSA) is 102 Å². The zero-order valence-electron chi connectivity index (χ0n) is 19.6. The number of amides is 2. The molecule has 1 fully saturated rings. The van der Waals surface area contributed by atoms with E-state index in [-0.39, 0.29) is 37.2 Å². The van der Waals surface area contributed by atoms with Gasteiger partial charge < -0.3 is 24.0 Å². The number of carbonyl (C=O) groups is 4. The molecule has 1 aromatic carbocycles. The van der Waals surface area contributed by atoms with E-state index in [1.165, 1.54) is 0 Å². The van der Waals surface area contributed by atoms with Crippen LogP contribution < -0.4 is 9.64 Å². The van der Waals surface area contributed by atoms with Crippen molar-refractivity contribution >= 4 is 57.2 Å². The van der Waals surface area contributed by atoms with Crippen LogP contribution in [0.1, 0.15) is 47.0 Å². The van der Waals surface area contributed by atoms with Crippen molar-refractivity contribution in [2.24, 2.45) is 5.92 Å². The Kier molecular flexibility index (Phi) is 8.13. The van der Waals surface area contributed by atoms with E-state index < -0.39 is 23.6 Å². The number of hydrogen-bond acceptors (Lipinski definition) is 7. The minimum Gasteiger partial charge on any atom is -0.478 e.